The molecule has 0 aliphatic rings. The van der Waals surface area contributed by atoms with Crippen LogP contribution in [0, 0.1) is 13.8 Å². The van der Waals surface area contributed by atoms with Gasteiger partial charge in [0, 0.05) is 18.9 Å². The average molecular weight is 220 g/mol. The predicted molar refractivity (Wildman–Crippen MR) is 60.0 cm³/mol. The highest BCUT2D eigenvalue weighted by Gasteiger charge is 2.15. The Bertz CT molecular complexity index is 539. The summed E-state index contributed by atoms with van der Waals surface area (Å²) in [5, 5.41) is 18.2. The molecule has 4 heteroatoms. The highest BCUT2D eigenvalue weighted by Crippen LogP contribution is 2.21. The number of nitrogens with zero attached hydrogens (tertiary/aromatic N) is 2. The first-order valence-corrected chi connectivity index (χ1v) is 5.59. The fraction of sp³-hybridized carbons (Fsp3) is 0.273. The molecule has 0 unspecified atom stereocenters. The van der Waals surface area contributed by atoms with Crippen LogP contribution >= 0.6 is 11.3 Å². The van der Waals surface area contributed by atoms with Gasteiger partial charge < -0.3 is 5.11 Å². The second kappa shape index (κ2) is 3.62. The molecule has 0 aliphatic carbocycles. The van der Waals surface area contributed by atoms with E-state index in [4.69, 9.17) is 0 Å². The van der Waals surface area contributed by atoms with Crippen molar-refractivity contribution in [2.45, 2.75) is 20.8 Å². The summed E-state index contributed by atoms with van der Waals surface area (Å²) >= 11 is 1.60. The summed E-state index contributed by atoms with van der Waals surface area (Å²) in [6.07, 6.45) is 0. The van der Waals surface area contributed by atoms with E-state index in [1.165, 1.54) is 12.5 Å². The molecule has 0 N–H and O–H groups in total. The van der Waals surface area contributed by atoms with Crippen LogP contribution in [0.3, 0.4) is 0 Å². The van der Waals surface area contributed by atoms with E-state index in [1.54, 1.807) is 16.0 Å². The van der Waals surface area contributed by atoms with Gasteiger partial charge in [-0.25, -0.2) is 0 Å². The van der Waals surface area contributed by atoms with Crippen LogP contribution in [-0.4, -0.2) is 5.90 Å². The fourth-order valence-corrected chi connectivity index (χ4v) is 2.62. The van der Waals surface area contributed by atoms with Gasteiger partial charge in [0.2, 0.25) is 5.69 Å². The van der Waals surface area contributed by atoms with Crippen molar-refractivity contribution >= 4 is 27.5 Å². The summed E-state index contributed by atoms with van der Waals surface area (Å²) < 4.78 is 1.72. The molecule has 0 aliphatic heterocycles. The maximum atomic E-state index is 11.0. The summed E-state index contributed by atoms with van der Waals surface area (Å²) in [6, 6.07) is 4.10. The molecule has 2 rings (SSSR count). The third-order valence-corrected chi connectivity index (χ3v) is 3.15. The van der Waals surface area contributed by atoms with Crippen molar-refractivity contribution in [2.24, 2.45) is 5.10 Å². The Labute approximate surface area is 92.3 Å². The number of pyridine rings is 1. The highest BCUT2D eigenvalue weighted by molar-refractivity contribution is 7.16. The van der Waals surface area contributed by atoms with Crippen molar-refractivity contribution < 1.29 is 9.78 Å². The zero-order valence-electron chi connectivity index (χ0n) is 8.94. The van der Waals surface area contributed by atoms with Crippen molar-refractivity contribution in [3.63, 3.8) is 0 Å². The van der Waals surface area contributed by atoms with Gasteiger partial charge in [-0.15, -0.1) is 0 Å². The normalized spacial score (nSPS) is 12.3. The summed E-state index contributed by atoms with van der Waals surface area (Å²) in [5.74, 6) is -0.179. The third-order valence-electron chi connectivity index (χ3n) is 2.26. The van der Waals surface area contributed by atoms with E-state index in [0.29, 0.717) is 0 Å². The van der Waals surface area contributed by atoms with Crippen molar-refractivity contribution in [3.05, 3.63) is 28.8 Å². The average Bonchev–Trinajstić information content (AvgIpc) is 2.60. The van der Waals surface area contributed by atoms with Gasteiger partial charge in [-0.3, -0.25) is 0 Å². The van der Waals surface area contributed by atoms with E-state index in [2.05, 4.69) is 18.1 Å². The van der Waals surface area contributed by atoms with Gasteiger partial charge in [-0.1, -0.05) is 11.3 Å². The molecule has 0 aromatic carbocycles. The van der Waals surface area contributed by atoms with Crippen LogP contribution in [0.15, 0.2) is 22.6 Å². The second-order valence-corrected chi connectivity index (χ2v) is 4.43. The molecule has 0 radical (unpaired) electrons. The van der Waals surface area contributed by atoms with E-state index in [1.807, 2.05) is 18.4 Å². The van der Waals surface area contributed by atoms with Crippen molar-refractivity contribution in [1.29, 1.82) is 0 Å². The molecule has 2 heterocycles. The Morgan fingerprint density at radius 2 is 2.20 bits per heavy atom. The minimum atomic E-state index is -0.179. The lowest BCUT2D eigenvalue weighted by molar-refractivity contribution is -0.659. The third kappa shape index (κ3) is 1.72. The molecular weight excluding hydrogens is 208 g/mol. The quantitative estimate of drug-likeness (QED) is 0.406. The van der Waals surface area contributed by atoms with Crippen LogP contribution in [0.4, 0.5) is 0 Å². The molecule has 0 atom stereocenters. The Kier molecular flexibility index (Phi) is 2.44. The molecule has 2 aromatic rings. The Balaban J connectivity index is 2.82. The van der Waals surface area contributed by atoms with Crippen molar-refractivity contribution in [3.8, 4) is 0 Å². The van der Waals surface area contributed by atoms with Crippen LogP contribution in [-0.2, 0) is 0 Å². The minimum Gasteiger partial charge on any atom is -0.858 e. The Hall–Kier alpha value is -1.42. The van der Waals surface area contributed by atoms with Gasteiger partial charge in [-0.2, -0.15) is 0 Å². The molecule has 0 spiro atoms. The minimum absolute atomic E-state index is 0.179. The number of thiophene rings is 1. The molecule has 78 valence electrons. The molecule has 0 amide bonds. The van der Waals surface area contributed by atoms with Gasteiger partial charge >= 0.3 is 4.83 Å². The lowest BCUT2D eigenvalue weighted by Crippen LogP contribution is -2.35. The maximum Gasteiger partial charge on any atom is 0.301 e. The number of hydrogen-bond acceptors (Lipinski definition) is 3. The number of hydrogen-bond donors (Lipinski definition) is 0. The largest absolute Gasteiger partial charge is 0.858 e. The first-order chi connectivity index (χ1) is 7.09. The summed E-state index contributed by atoms with van der Waals surface area (Å²) in [7, 11) is 0. The Morgan fingerprint density at radius 3 is 2.87 bits per heavy atom. The SMILES string of the molecule is C/C([O-])=N/[n+]1c(C)cc(C)c2ccsc21. The lowest BCUT2D eigenvalue weighted by Gasteiger charge is -2.01. The zero-order chi connectivity index (χ0) is 11.0. The number of rotatable bonds is 1. The van der Waals surface area contributed by atoms with E-state index >= 15 is 0 Å². The molecule has 0 bridgehead atoms. The van der Waals surface area contributed by atoms with Crippen molar-refractivity contribution in [1.82, 2.24) is 0 Å². The molecule has 0 saturated carbocycles. The molecular formula is C11H12N2OS. The zero-order valence-corrected chi connectivity index (χ0v) is 9.76. The van der Waals surface area contributed by atoms with Crippen LogP contribution in [0.25, 0.3) is 10.2 Å². The van der Waals surface area contributed by atoms with Gasteiger partial charge in [0.15, 0.2) is 0 Å². The van der Waals surface area contributed by atoms with E-state index < -0.39 is 0 Å². The lowest BCUT2D eigenvalue weighted by atomic mass is 10.2. The summed E-state index contributed by atoms with van der Waals surface area (Å²) in [6.45, 7) is 5.49. The van der Waals surface area contributed by atoms with Crippen LogP contribution < -0.4 is 9.78 Å². The number of fused-ring (bicyclic) bond motifs is 1. The van der Waals surface area contributed by atoms with Gasteiger partial charge in [0.05, 0.1) is 5.39 Å². The summed E-state index contributed by atoms with van der Waals surface area (Å²) in [4.78, 5) is 1.03. The van der Waals surface area contributed by atoms with Crippen LogP contribution in [0.1, 0.15) is 18.2 Å². The Morgan fingerprint density at radius 1 is 1.47 bits per heavy atom. The first kappa shape index (κ1) is 10.1. The standard InChI is InChI=1S/C11H12N2OS/c1-7-6-8(2)13(12-9(3)14)11-10(7)4-5-15-11/h4-6H,1-3H3. The molecule has 0 fully saturated rings. The molecule has 2 aromatic heterocycles. The van der Waals surface area contributed by atoms with Gasteiger partial charge in [0.1, 0.15) is 0 Å². The molecule has 0 saturated heterocycles. The van der Waals surface area contributed by atoms with Gasteiger partial charge in [-0.05, 0) is 40.6 Å². The molecule has 15 heavy (non-hydrogen) atoms. The van der Waals surface area contributed by atoms with E-state index in [0.717, 1.165) is 15.9 Å². The smallest absolute Gasteiger partial charge is 0.301 e. The van der Waals surface area contributed by atoms with Gasteiger partial charge in [0.25, 0.3) is 0 Å². The van der Waals surface area contributed by atoms with E-state index in [9.17, 15) is 5.11 Å². The first-order valence-electron chi connectivity index (χ1n) is 4.71. The van der Waals surface area contributed by atoms with Crippen molar-refractivity contribution in [2.75, 3.05) is 0 Å². The topological polar surface area (TPSA) is 39.3 Å². The maximum absolute atomic E-state index is 11.0. The van der Waals surface area contributed by atoms with Crippen LogP contribution in [0.5, 0.6) is 0 Å². The predicted octanol–water partition coefficient (Wildman–Crippen LogP) is 1.35. The van der Waals surface area contributed by atoms with E-state index in [-0.39, 0.29) is 5.90 Å². The number of aromatic nitrogens is 1. The molecule has 3 nitrogen and oxygen atoms in total. The fourth-order valence-electron chi connectivity index (χ4n) is 1.64. The number of aryl methyl sites for hydroxylation is 2. The monoisotopic (exact) mass is 220 g/mol. The highest BCUT2D eigenvalue weighted by atomic mass is 32.1. The van der Waals surface area contributed by atoms with Crippen LogP contribution in [0.2, 0.25) is 0 Å². The second-order valence-electron chi connectivity index (χ2n) is 3.54. The summed E-state index contributed by atoms with van der Waals surface area (Å²) in [5.41, 5.74) is 2.21.